The van der Waals surface area contributed by atoms with E-state index >= 15 is 0 Å². The summed E-state index contributed by atoms with van der Waals surface area (Å²) in [5.41, 5.74) is 0.607. The first kappa shape index (κ1) is 16.2. The van der Waals surface area contributed by atoms with Crippen LogP contribution in [0.3, 0.4) is 0 Å². The molecule has 0 aliphatic carbocycles. The van der Waals surface area contributed by atoms with Gasteiger partial charge in [-0.3, -0.25) is 9.59 Å². The van der Waals surface area contributed by atoms with Gasteiger partial charge in [0.25, 0.3) is 0 Å². The first-order valence-electron chi connectivity index (χ1n) is 7.10. The Hall–Kier alpha value is -1.84. The highest BCUT2D eigenvalue weighted by molar-refractivity contribution is 5.74. The van der Waals surface area contributed by atoms with Crippen molar-refractivity contribution in [3.63, 3.8) is 0 Å². The summed E-state index contributed by atoms with van der Waals surface area (Å²) in [6.07, 6.45) is 5.54. The van der Waals surface area contributed by atoms with E-state index in [1.165, 1.54) is 0 Å². The molecule has 0 N–H and O–H groups in total. The zero-order chi connectivity index (χ0) is 14.6. The quantitative estimate of drug-likeness (QED) is 0.374. The van der Waals surface area contributed by atoms with Gasteiger partial charge >= 0.3 is 5.97 Å². The Morgan fingerprint density at radius 3 is 2.50 bits per heavy atom. The molecule has 0 amide bonds. The first-order valence-corrected chi connectivity index (χ1v) is 7.10. The fourth-order valence-corrected chi connectivity index (χ4v) is 1.73. The smallest absolute Gasteiger partial charge is 0.305 e. The number of ether oxygens (including phenoxy) is 2. The lowest BCUT2D eigenvalue weighted by Crippen LogP contribution is -2.12. The van der Waals surface area contributed by atoms with Crippen LogP contribution in [0.5, 0.6) is 5.75 Å². The van der Waals surface area contributed by atoms with E-state index in [0.717, 1.165) is 32.0 Å². The van der Waals surface area contributed by atoms with Gasteiger partial charge in [-0.25, -0.2) is 0 Å². The fourth-order valence-electron chi connectivity index (χ4n) is 1.73. The Morgan fingerprint density at radius 1 is 1.10 bits per heavy atom. The fraction of sp³-hybridized carbons (Fsp3) is 0.500. The van der Waals surface area contributed by atoms with Crippen molar-refractivity contribution in [3.05, 3.63) is 29.8 Å². The molecular weight excluding hydrogens is 256 g/mol. The maximum Gasteiger partial charge on any atom is 0.305 e. The monoisotopic (exact) mass is 278 g/mol. The molecule has 1 aromatic rings. The molecule has 0 radical (unpaired) electrons. The normalized spacial score (nSPS) is 10.1. The number of rotatable bonds is 10. The summed E-state index contributed by atoms with van der Waals surface area (Å²) in [7, 11) is 0. The van der Waals surface area contributed by atoms with Crippen LogP contribution in [0.25, 0.3) is 0 Å². The summed E-state index contributed by atoms with van der Waals surface area (Å²) in [6, 6.07) is 6.80. The Balaban J connectivity index is 2.08. The van der Waals surface area contributed by atoms with Gasteiger partial charge in [-0.1, -0.05) is 26.2 Å². The van der Waals surface area contributed by atoms with E-state index in [1.807, 2.05) is 0 Å². The molecule has 0 fully saturated rings. The van der Waals surface area contributed by atoms with Crippen molar-refractivity contribution in [3.8, 4) is 5.75 Å². The summed E-state index contributed by atoms with van der Waals surface area (Å²) < 4.78 is 10.5. The molecule has 0 aromatic heterocycles. The zero-order valence-corrected chi connectivity index (χ0v) is 12.0. The van der Waals surface area contributed by atoms with Gasteiger partial charge in [0, 0.05) is 12.0 Å². The molecule has 0 atom stereocenters. The van der Waals surface area contributed by atoms with E-state index in [0.29, 0.717) is 24.3 Å². The maximum atomic E-state index is 11.4. The van der Waals surface area contributed by atoms with Crippen LogP contribution in [-0.2, 0) is 9.53 Å². The topological polar surface area (TPSA) is 52.6 Å². The minimum absolute atomic E-state index is 0.166. The van der Waals surface area contributed by atoms with Gasteiger partial charge in [0.1, 0.15) is 25.2 Å². The summed E-state index contributed by atoms with van der Waals surface area (Å²) in [4.78, 5) is 21.9. The molecule has 1 aromatic carbocycles. The van der Waals surface area contributed by atoms with Crippen molar-refractivity contribution in [1.82, 2.24) is 0 Å². The third-order valence-corrected chi connectivity index (χ3v) is 2.87. The second-order valence-electron chi connectivity index (χ2n) is 4.57. The van der Waals surface area contributed by atoms with E-state index < -0.39 is 0 Å². The SMILES string of the molecule is CCCCCCC(=O)OCCOc1ccc(C=O)cc1. The first-order chi connectivity index (χ1) is 9.76. The van der Waals surface area contributed by atoms with Gasteiger partial charge in [0.15, 0.2) is 0 Å². The van der Waals surface area contributed by atoms with Crippen LogP contribution in [0.2, 0.25) is 0 Å². The lowest BCUT2D eigenvalue weighted by atomic mass is 10.2. The number of hydrogen-bond donors (Lipinski definition) is 0. The molecule has 110 valence electrons. The second-order valence-corrected chi connectivity index (χ2v) is 4.57. The molecule has 0 saturated heterocycles. The van der Waals surface area contributed by atoms with E-state index in [1.54, 1.807) is 24.3 Å². The lowest BCUT2D eigenvalue weighted by Gasteiger charge is -2.07. The predicted octanol–water partition coefficient (Wildman–Crippen LogP) is 3.39. The number of aldehydes is 1. The number of esters is 1. The van der Waals surface area contributed by atoms with E-state index in [-0.39, 0.29) is 12.6 Å². The zero-order valence-electron chi connectivity index (χ0n) is 12.0. The van der Waals surface area contributed by atoms with E-state index in [9.17, 15) is 9.59 Å². The maximum absolute atomic E-state index is 11.4. The van der Waals surface area contributed by atoms with Crippen LogP contribution in [0.4, 0.5) is 0 Å². The molecule has 20 heavy (non-hydrogen) atoms. The van der Waals surface area contributed by atoms with Crippen LogP contribution >= 0.6 is 0 Å². The van der Waals surface area contributed by atoms with E-state index in [2.05, 4.69) is 6.92 Å². The summed E-state index contributed by atoms with van der Waals surface area (Å²) >= 11 is 0. The van der Waals surface area contributed by atoms with Crippen LogP contribution in [0.15, 0.2) is 24.3 Å². The molecule has 0 saturated carbocycles. The minimum atomic E-state index is -0.166. The highest BCUT2D eigenvalue weighted by Crippen LogP contribution is 2.10. The Morgan fingerprint density at radius 2 is 1.85 bits per heavy atom. The lowest BCUT2D eigenvalue weighted by molar-refractivity contribution is -0.144. The largest absolute Gasteiger partial charge is 0.490 e. The standard InChI is InChI=1S/C16H22O4/c1-2-3-4-5-6-16(18)20-12-11-19-15-9-7-14(13-17)8-10-15/h7-10,13H,2-6,11-12H2,1H3. The van der Waals surface area contributed by atoms with Gasteiger partial charge in [-0.2, -0.15) is 0 Å². The van der Waals surface area contributed by atoms with Crippen molar-refractivity contribution in [2.75, 3.05) is 13.2 Å². The molecule has 0 heterocycles. The van der Waals surface area contributed by atoms with Crippen LogP contribution in [0, 0.1) is 0 Å². The number of carbonyl (C=O) groups excluding carboxylic acids is 2. The Bertz CT molecular complexity index is 397. The molecule has 1 rings (SSSR count). The molecule has 0 unspecified atom stereocenters. The van der Waals surface area contributed by atoms with Gasteiger partial charge < -0.3 is 9.47 Å². The van der Waals surface area contributed by atoms with Crippen molar-refractivity contribution < 1.29 is 19.1 Å². The third-order valence-electron chi connectivity index (χ3n) is 2.87. The summed E-state index contributed by atoms with van der Waals surface area (Å²) in [5, 5.41) is 0. The molecule has 0 bridgehead atoms. The van der Waals surface area contributed by atoms with Crippen molar-refractivity contribution in [2.45, 2.75) is 39.0 Å². The highest BCUT2D eigenvalue weighted by Gasteiger charge is 2.02. The highest BCUT2D eigenvalue weighted by atomic mass is 16.6. The number of benzene rings is 1. The van der Waals surface area contributed by atoms with Crippen LogP contribution in [-0.4, -0.2) is 25.5 Å². The van der Waals surface area contributed by atoms with Crippen molar-refractivity contribution in [1.29, 1.82) is 0 Å². The average molecular weight is 278 g/mol. The second kappa shape index (κ2) is 10.0. The molecule has 0 aliphatic rings. The third kappa shape index (κ3) is 6.92. The molecule has 4 nitrogen and oxygen atoms in total. The number of hydrogen-bond acceptors (Lipinski definition) is 4. The summed E-state index contributed by atoms with van der Waals surface area (Å²) in [5.74, 6) is 0.496. The molecule has 0 spiro atoms. The van der Waals surface area contributed by atoms with Gasteiger partial charge in [0.05, 0.1) is 0 Å². The van der Waals surface area contributed by atoms with Crippen molar-refractivity contribution in [2.24, 2.45) is 0 Å². The predicted molar refractivity (Wildman–Crippen MR) is 77.0 cm³/mol. The van der Waals surface area contributed by atoms with E-state index in [4.69, 9.17) is 9.47 Å². The van der Waals surface area contributed by atoms with Gasteiger partial charge in [-0.15, -0.1) is 0 Å². The number of unbranched alkanes of at least 4 members (excludes halogenated alkanes) is 3. The van der Waals surface area contributed by atoms with Crippen molar-refractivity contribution >= 4 is 12.3 Å². The van der Waals surface area contributed by atoms with Crippen LogP contribution < -0.4 is 4.74 Å². The molecule has 0 aliphatic heterocycles. The minimum Gasteiger partial charge on any atom is -0.490 e. The average Bonchev–Trinajstić information content (AvgIpc) is 2.49. The summed E-state index contributed by atoms with van der Waals surface area (Å²) in [6.45, 7) is 2.71. The van der Waals surface area contributed by atoms with Crippen LogP contribution in [0.1, 0.15) is 49.4 Å². The molecular formula is C16H22O4. The Labute approximate surface area is 120 Å². The van der Waals surface area contributed by atoms with Gasteiger partial charge in [0.2, 0.25) is 0 Å². The number of carbonyl (C=O) groups is 2. The Kier molecular flexibility index (Phi) is 8.11. The van der Waals surface area contributed by atoms with Gasteiger partial charge in [-0.05, 0) is 30.7 Å². The molecule has 4 heteroatoms.